The van der Waals surface area contributed by atoms with Crippen LogP contribution in [0, 0.1) is 0 Å². The smallest absolute Gasteiger partial charge is 0.161 e. The third kappa shape index (κ3) is 3.97. The Balaban J connectivity index is 2.05. The molecule has 0 saturated carbocycles. The first-order valence-electron chi connectivity index (χ1n) is 8.61. The van der Waals surface area contributed by atoms with Crippen molar-refractivity contribution in [1.29, 1.82) is 0 Å². The summed E-state index contributed by atoms with van der Waals surface area (Å²) in [5, 5.41) is 12.8. The SMILES string of the molecule is C=N/C=C\C(=C/C)c1nc2c(c(Nc3ccc(O)cc3)n1)CC(N)CC2. The second-order valence-corrected chi connectivity index (χ2v) is 6.24. The first-order valence-corrected chi connectivity index (χ1v) is 8.61. The molecule has 1 aliphatic rings. The molecule has 0 aliphatic heterocycles. The number of aryl methyl sites for hydroxylation is 1. The number of fused-ring (bicyclic) bond motifs is 1. The first kappa shape index (κ1) is 17.8. The van der Waals surface area contributed by atoms with E-state index in [1.165, 1.54) is 0 Å². The fraction of sp³-hybridized carbons (Fsp3) is 0.250. The highest BCUT2D eigenvalue weighted by Crippen LogP contribution is 2.29. The zero-order chi connectivity index (χ0) is 18.5. The number of aromatic nitrogens is 2. The maximum absolute atomic E-state index is 9.48. The van der Waals surface area contributed by atoms with Crippen LogP contribution in [0.15, 0.2) is 47.6 Å². The zero-order valence-corrected chi connectivity index (χ0v) is 14.8. The summed E-state index contributed by atoms with van der Waals surface area (Å²) in [6.07, 6.45) is 7.90. The molecule has 1 aromatic heterocycles. The van der Waals surface area contributed by atoms with E-state index in [0.717, 1.165) is 47.6 Å². The van der Waals surface area contributed by atoms with Crippen LogP contribution in [0.4, 0.5) is 11.5 Å². The van der Waals surface area contributed by atoms with E-state index in [-0.39, 0.29) is 11.8 Å². The van der Waals surface area contributed by atoms with Gasteiger partial charge in [-0.3, -0.25) is 4.99 Å². The number of anilines is 2. The van der Waals surface area contributed by atoms with E-state index in [4.69, 9.17) is 15.7 Å². The average Bonchev–Trinajstić information content (AvgIpc) is 2.64. The Morgan fingerprint density at radius 2 is 2.12 bits per heavy atom. The molecule has 2 aromatic rings. The highest BCUT2D eigenvalue weighted by atomic mass is 16.3. The molecule has 0 fully saturated rings. The van der Waals surface area contributed by atoms with Crippen molar-refractivity contribution in [3.63, 3.8) is 0 Å². The third-order valence-electron chi connectivity index (χ3n) is 4.37. The van der Waals surface area contributed by atoms with Gasteiger partial charge in [-0.2, -0.15) is 0 Å². The lowest BCUT2D eigenvalue weighted by Gasteiger charge is -2.24. The molecule has 26 heavy (non-hydrogen) atoms. The van der Waals surface area contributed by atoms with Crippen LogP contribution in [0.5, 0.6) is 5.75 Å². The van der Waals surface area contributed by atoms with Crippen molar-refractivity contribution < 1.29 is 5.11 Å². The number of aromatic hydroxyl groups is 1. The van der Waals surface area contributed by atoms with Crippen LogP contribution < -0.4 is 11.1 Å². The molecule has 1 aliphatic carbocycles. The van der Waals surface area contributed by atoms with Gasteiger partial charge in [0, 0.05) is 34.8 Å². The number of nitrogens with zero attached hydrogens (tertiary/aromatic N) is 3. The van der Waals surface area contributed by atoms with Crippen LogP contribution in [0.3, 0.4) is 0 Å². The molecular formula is C20H23N5O. The molecule has 1 aromatic carbocycles. The highest BCUT2D eigenvalue weighted by Gasteiger charge is 2.22. The molecule has 0 bridgehead atoms. The van der Waals surface area contributed by atoms with Crippen LogP contribution >= 0.6 is 0 Å². The fourth-order valence-electron chi connectivity index (χ4n) is 2.98. The predicted molar refractivity (Wildman–Crippen MR) is 106 cm³/mol. The van der Waals surface area contributed by atoms with Crippen molar-refractivity contribution >= 4 is 23.8 Å². The van der Waals surface area contributed by atoms with E-state index >= 15 is 0 Å². The van der Waals surface area contributed by atoms with Crippen molar-refractivity contribution in [2.24, 2.45) is 10.7 Å². The maximum Gasteiger partial charge on any atom is 0.161 e. The van der Waals surface area contributed by atoms with Gasteiger partial charge in [0.25, 0.3) is 0 Å². The summed E-state index contributed by atoms with van der Waals surface area (Å²) in [6.45, 7) is 5.41. The number of nitrogens with two attached hydrogens (primary N) is 1. The van der Waals surface area contributed by atoms with Crippen LogP contribution in [-0.4, -0.2) is 27.8 Å². The molecule has 3 rings (SSSR count). The summed E-state index contributed by atoms with van der Waals surface area (Å²) in [6, 6.07) is 7.01. The molecule has 1 atom stereocenters. The number of aliphatic imine (C=N–C) groups is 1. The van der Waals surface area contributed by atoms with Gasteiger partial charge in [-0.15, -0.1) is 0 Å². The average molecular weight is 349 g/mol. The predicted octanol–water partition coefficient (Wildman–Crippen LogP) is 3.36. The van der Waals surface area contributed by atoms with Crippen LogP contribution in [0.2, 0.25) is 0 Å². The van der Waals surface area contributed by atoms with E-state index in [9.17, 15) is 5.11 Å². The van der Waals surface area contributed by atoms with Crippen molar-refractivity contribution in [2.75, 3.05) is 5.32 Å². The second kappa shape index (κ2) is 7.93. The lowest BCUT2D eigenvalue weighted by atomic mass is 9.92. The Labute approximate surface area is 153 Å². The van der Waals surface area contributed by atoms with Crippen molar-refractivity contribution in [3.05, 3.63) is 59.7 Å². The summed E-state index contributed by atoms with van der Waals surface area (Å²) >= 11 is 0. The Bertz CT molecular complexity index is 855. The molecule has 0 amide bonds. The number of benzene rings is 1. The maximum atomic E-state index is 9.48. The number of phenols is 1. The van der Waals surface area contributed by atoms with Gasteiger partial charge in [-0.05, 0) is 63.2 Å². The number of nitrogens with one attached hydrogen (secondary N) is 1. The molecule has 4 N–H and O–H groups in total. The Kier molecular flexibility index (Phi) is 5.43. The fourth-order valence-corrected chi connectivity index (χ4v) is 2.98. The van der Waals surface area contributed by atoms with Crippen LogP contribution in [0.25, 0.3) is 5.57 Å². The van der Waals surface area contributed by atoms with E-state index in [1.54, 1.807) is 18.3 Å². The van der Waals surface area contributed by atoms with Crippen molar-refractivity contribution in [2.45, 2.75) is 32.2 Å². The summed E-state index contributed by atoms with van der Waals surface area (Å²) in [7, 11) is 0. The Morgan fingerprint density at radius 3 is 2.81 bits per heavy atom. The lowest BCUT2D eigenvalue weighted by Crippen LogP contribution is -2.29. The normalized spacial score (nSPS) is 17.2. The minimum atomic E-state index is 0.114. The largest absolute Gasteiger partial charge is 0.508 e. The standard InChI is InChI=1S/C20H23N5O/c1-3-13(10-11-22-2)19-24-18-9-4-14(21)12-17(18)20(25-19)23-15-5-7-16(26)8-6-15/h3,5-8,10-11,14,26H,2,4,9,12,21H2,1H3,(H,23,24,25)/b11-10-,13-3+. The number of hydrogen-bond donors (Lipinski definition) is 3. The molecule has 134 valence electrons. The molecule has 0 spiro atoms. The second-order valence-electron chi connectivity index (χ2n) is 6.24. The van der Waals surface area contributed by atoms with Crippen molar-refractivity contribution in [3.8, 4) is 5.75 Å². The van der Waals surface area contributed by atoms with E-state index in [1.807, 2.05) is 31.2 Å². The molecular weight excluding hydrogens is 326 g/mol. The molecule has 0 radical (unpaired) electrons. The number of rotatable bonds is 5. The minimum Gasteiger partial charge on any atom is -0.508 e. The number of phenolic OH excluding ortho intramolecular Hbond substituents is 1. The Hall–Kier alpha value is -2.99. The summed E-state index contributed by atoms with van der Waals surface area (Å²) in [4.78, 5) is 13.3. The number of allylic oxidation sites excluding steroid dienone is 3. The van der Waals surface area contributed by atoms with E-state index in [2.05, 4.69) is 17.0 Å². The zero-order valence-electron chi connectivity index (χ0n) is 14.8. The summed E-state index contributed by atoms with van der Waals surface area (Å²) in [5.41, 5.74) is 9.97. The molecule has 1 unspecified atom stereocenters. The topological polar surface area (TPSA) is 96.4 Å². The third-order valence-corrected chi connectivity index (χ3v) is 4.37. The monoisotopic (exact) mass is 349 g/mol. The van der Waals surface area contributed by atoms with Gasteiger partial charge in [0.1, 0.15) is 11.6 Å². The summed E-state index contributed by atoms with van der Waals surface area (Å²) in [5.74, 6) is 1.62. The van der Waals surface area contributed by atoms with E-state index in [0.29, 0.717) is 5.82 Å². The van der Waals surface area contributed by atoms with Crippen LogP contribution in [-0.2, 0) is 12.8 Å². The van der Waals surface area contributed by atoms with Gasteiger partial charge in [-0.1, -0.05) is 6.08 Å². The Morgan fingerprint density at radius 1 is 1.35 bits per heavy atom. The first-order chi connectivity index (χ1) is 12.6. The van der Waals surface area contributed by atoms with Gasteiger partial charge in [0.05, 0.1) is 0 Å². The van der Waals surface area contributed by atoms with Crippen molar-refractivity contribution in [1.82, 2.24) is 9.97 Å². The summed E-state index contributed by atoms with van der Waals surface area (Å²) < 4.78 is 0. The minimum absolute atomic E-state index is 0.114. The highest BCUT2D eigenvalue weighted by molar-refractivity contribution is 5.72. The van der Waals surface area contributed by atoms with Gasteiger partial charge in [-0.25, -0.2) is 9.97 Å². The van der Waals surface area contributed by atoms with Crippen LogP contribution in [0.1, 0.15) is 30.4 Å². The van der Waals surface area contributed by atoms with E-state index < -0.39 is 0 Å². The molecule has 1 heterocycles. The molecule has 6 nitrogen and oxygen atoms in total. The quantitative estimate of drug-likeness (QED) is 0.437. The molecule has 0 saturated heterocycles. The lowest BCUT2D eigenvalue weighted by molar-refractivity contribution is 0.475. The molecule has 6 heteroatoms. The van der Waals surface area contributed by atoms with Gasteiger partial charge >= 0.3 is 0 Å². The number of hydrogen-bond acceptors (Lipinski definition) is 6. The van der Waals surface area contributed by atoms with Gasteiger partial charge in [0.2, 0.25) is 0 Å². The van der Waals surface area contributed by atoms with Gasteiger partial charge in [0.15, 0.2) is 5.82 Å². The van der Waals surface area contributed by atoms with Gasteiger partial charge < -0.3 is 16.2 Å².